The van der Waals surface area contributed by atoms with Crippen molar-refractivity contribution in [3.05, 3.63) is 0 Å². The Bertz CT molecular complexity index is 400. The van der Waals surface area contributed by atoms with E-state index in [0.717, 1.165) is 0 Å². The van der Waals surface area contributed by atoms with E-state index in [1.165, 1.54) is 9.80 Å². The van der Waals surface area contributed by atoms with Crippen molar-refractivity contribution in [2.45, 2.75) is 25.4 Å². The van der Waals surface area contributed by atoms with Crippen molar-refractivity contribution in [3.63, 3.8) is 0 Å². The SMILES string of the molecule is CC1(O)CCCN(C(=O)C(=O)N2CCNCC(CO)C2)C1. The van der Waals surface area contributed by atoms with Gasteiger partial charge in [0.05, 0.1) is 5.60 Å². The molecule has 2 unspecified atom stereocenters. The molecule has 0 bridgehead atoms. The molecule has 0 saturated carbocycles. The lowest BCUT2D eigenvalue weighted by atomic mass is 9.95. The average molecular weight is 299 g/mol. The average Bonchev–Trinajstić information content (AvgIpc) is 2.70. The van der Waals surface area contributed by atoms with Gasteiger partial charge in [0.15, 0.2) is 0 Å². The maximum atomic E-state index is 12.4. The highest BCUT2D eigenvalue weighted by Crippen LogP contribution is 2.20. The van der Waals surface area contributed by atoms with Crippen LogP contribution in [0.3, 0.4) is 0 Å². The second-order valence-corrected chi connectivity index (χ2v) is 6.33. The van der Waals surface area contributed by atoms with Crippen LogP contribution in [0, 0.1) is 5.92 Å². The van der Waals surface area contributed by atoms with Gasteiger partial charge in [0.1, 0.15) is 0 Å². The van der Waals surface area contributed by atoms with Crippen LogP contribution in [0.4, 0.5) is 0 Å². The monoisotopic (exact) mass is 299 g/mol. The van der Waals surface area contributed by atoms with Crippen LogP contribution in [-0.4, -0.2) is 83.3 Å². The van der Waals surface area contributed by atoms with Crippen molar-refractivity contribution in [3.8, 4) is 0 Å². The summed E-state index contributed by atoms with van der Waals surface area (Å²) in [6.45, 7) is 4.50. The van der Waals surface area contributed by atoms with Crippen LogP contribution in [0.2, 0.25) is 0 Å². The summed E-state index contributed by atoms with van der Waals surface area (Å²) >= 11 is 0. The van der Waals surface area contributed by atoms with E-state index in [4.69, 9.17) is 0 Å². The number of likely N-dealkylation sites (tertiary alicyclic amines) is 1. The molecule has 0 aromatic heterocycles. The van der Waals surface area contributed by atoms with E-state index in [9.17, 15) is 19.8 Å². The molecule has 2 amide bonds. The highest BCUT2D eigenvalue weighted by Gasteiger charge is 2.35. The Balaban J connectivity index is 1.99. The molecule has 2 saturated heterocycles. The Kier molecular flexibility index (Phi) is 5.18. The van der Waals surface area contributed by atoms with Crippen LogP contribution in [0.25, 0.3) is 0 Å². The zero-order chi connectivity index (χ0) is 15.5. The fraction of sp³-hybridized carbons (Fsp3) is 0.857. The number of piperidine rings is 1. The molecule has 3 N–H and O–H groups in total. The first-order chi connectivity index (χ1) is 9.93. The molecule has 2 aliphatic heterocycles. The molecule has 2 heterocycles. The molecular formula is C14H25N3O4. The molecule has 0 aromatic carbocycles. The number of hydrogen-bond donors (Lipinski definition) is 3. The number of carbonyl (C=O) groups excluding carboxylic acids is 2. The molecule has 2 atom stereocenters. The summed E-state index contributed by atoms with van der Waals surface area (Å²) in [6, 6.07) is 0. The van der Waals surface area contributed by atoms with E-state index >= 15 is 0 Å². The first-order valence-electron chi connectivity index (χ1n) is 7.55. The highest BCUT2D eigenvalue weighted by atomic mass is 16.3. The largest absolute Gasteiger partial charge is 0.396 e. The molecule has 2 fully saturated rings. The Morgan fingerprint density at radius 2 is 2.00 bits per heavy atom. The second-order valence-electron chi connectivity index (χ2n) is 6.33. The van der Waals surface area contributed by atoms with Crippen molar-refractivity contribution >= 4 is 11.8 Å². The summed E-state index contributed by atoms with van der Waals surface area (Å²) in [5, 5.41) is 22.5. The molecule has 0 aromatic rings. The molecule has 21 heavy (non-hydrogen) atoms. The molecule has 7 heteroatoms. The van der Waals surface area contributed by atoms with Crippen LogP contribution >= 0.6 is 0 Å². The summed E-state index contributed by atoms with van der Waals surface area (Å²) in [5.74, 6) is -1.13. The molecule has 2 rings (SSSR count). The Labute approximate surface area is 124 Å². The summed E-state index contributed by atoms with van der Waals surface area (Å²) in [5.41, 5.74) is -0.915. The fourth-order valence-corrected chi connectivity index (χ4v) is 2.96. The van der Waals surface area contributed by atoms with Crippen LogP contribution in [-0.2, 0) is 9.59 Å². The van der Waals surface area contributed by atoms with Gasteiger partial charge >= 0.3 is 11.8 Å². The summed E-state index contributed by atoms with van der Waals surface area (Å²) in [6.07, 6.45) is 1.35. The standard InChI is InChI=1S/C14H25N3O4/c1-14(21)3-2-5-17(10-14)13(20)12(19)16-6-4-15-7-11(8-16)9-18/h11,15,18,21H,2-10H2,1H3. The lowest BCUT2D eigenvalue weighted by Gasteiger charge is -2.37. The molecule has 7 nitrogen and oxygen atoms in total. The van der Waals surface area contributed by atoms with Gasteiger partial charge in [-0.2, -0.15) is 0 Å². The van der Waals surface area contributed by atoms with Gasteiger partial charge in [0.25, 0.3) is 0 Å². The van der Waals surface area contributed by atoms with Gasteiger partial charge in [-0.15, -0.1) is 0 Å². The highest BCUT2D eigenvalue weighted by molar-refractivity contribution is 6.34. The molecule has 120 valence electrons. The lowest BCUT2D eigenvalue weighted by molar-refractivity contribution is -0.155. The summed E-state index contributed by atoms with van der Waals surface area (Å²) < 4.78 is 0. The van der Waals surface area contributed by atoms with Crippen molar-refractivity contribution in [2.75, 3.05) is 45.9 Å². The minimum atomic E-state index is -0.915. The minimum absolute atomic E-state index is 0.0105. The molecule has 0 spiro atoms. The first-order valence-corrected chi connectivity index (χ1v) is 7.55. The molecule has 0 aliphatic carbocycles. The number of aliphatic hydroxyl groups excluding tert-OH is 1. The van der Waals surface area contributed by atoms with Crippen LogP contribution in [0.5, 0.6) is 0 Å². The number of nitrogens with zero attached hydrogens (tertiary/aromatic N) is 2. The lowest BCUT2D eigenvalue weighted by Crippen LogP contribution is -2.54. The van der Waals surface area contributed by atoms with E-state index < -0.39 is 17.4 Å². The number of rotatable bonds is 1. The minimum Gasteiger partial charge on any atom is -0.396 e. The third kappa shape index (κ3) is 4.15. The van der Waals surface area contributed by atoms with Gasteiger partial charge in [-0.25, -0.2) is 0 Å². The van der Waals surface area contributed by atoms with Gasteiger partial charge in [0.2, 0.25) is 0 Å². The number of carbonyl (C=O) groups is 2. The number of β-amino-alcohol motifs (C(OH)–C–C–N with tert-alkyl or cyclic N) is 1. The van der Waals surface area contributed by atoms with Crippen molar-refractivity contribution in [1.82, 2.24) is 15.1 Å². The predicted molar refractivity (Wildman–Crippen MR) is 76.5 cm³/mol. The Hall–Kier alpha value is -1.18. The fourth-order valence-electron chi connectivity index (χ4n) is 2.96. The second kappa shape index (κ2) is 6.72. The quantitative estimate of drug-likeness (QED) is 0.507. The Morgan fingerprint density at radius 1 is 1.29 bits per heavy atom. The van der Waals surface area contributed by atoms with Crippen LogP contribution in [0.15, 0.2) is 0 Å². The summed E-state index contributed by atoms with van der Waals surface area (Å²) in [4.78, 5) is 27.6. The molecule has 0 radical (unpaired) electrons. The molecular weight excluding hydrogens is 274 g/mol. The number of amides is 2. The van der Waals surface area contributed by atoms with Crippen molar-refractivity contribution in [1.29, 1.82) is 0 Å². The zero-order valence-electron chi connectivity index (χ0n) is 12.5. The predicted octanol–water partition coefficient (Wildman–Crippen LogP) is -1.60. The van der Waals surface area contributed by atoms with E-state index in [-0.39, 0.29) is 19.1 Å². The normalized spacial score (nSPS) is 30.9. The summed E-state index contributed by atoms with van der Waals surface area (Å²) in [7, 11) is 0. The van der Waals surface area contributed by atoms with Crippen molar-refractivity contribution < 1.29 is 19.8 Å². The van der Waals surface area contributed by atoms with Crippen LogP contribution < -0.4 is 5.32 Å². The number of nitrogens with one attached hydrogen (secondary N) is 1. The van der Waals surface area contributed by atoms with E-state index in [1.54, 1.807) is 6.92 Å². The van der Waals surface area contributed by atoms with Crippen LogP contribution in [0.1, 0.15) is 19.8 Å². The van der Waals surface area contributed by atoms with E-state index in [0.29, 0.717) is 45.6 Å². The third-order valence-electron chi connectivity index (χ3n) is 4.16. The maximum Gasteiger partial charge on any atom is 0.312 e. The van der Waals surface area contributed by atoms with Gasteiger partial charge in [-0.05, 0) is 19.8 Å². The van der Waals surface area contributed by atoms with Gasteiger partial charge < -0.3 is 25.3 Å². The first kappa shape index (κ1) is 16.2. The topological polar surface area (TPSA) is 93.1 Å². The Morgan fingerprint density at radius 3 is 2.67 bits per heavy atom. The smallest absolute Gasteiger partial charge is 0.312 e. The number of hydrogen-bond acceptors (Lipinski definition) is 5. The number of aliphatic hydroxyl groups is 2. The van der Waals surface area contributed by atoms with Gasteiger partial charge in [-0.3, -0.25) is 9.59 Å². The van der Waals surface area contributed by atoms with Gasteiger partial charge in [0, 0.05) is 51.8 Å². The van der Waals surface area contributed by atoms with Gasteiger partial charge in [-0.1, -0.05) is 0 Å². The molecule has 2 aliphatic rings. The van der Waals surface area contributed by atoms with Crippen molar-refractivity contribution in [2.24, 2.45) is 5.92 Å². The van der Waals surface area contributed by atoms with E-state index in [1.807, 2.05) is 0 Å². The zero-order valence-corrected chi connectivity index (χ0v) is 12.5. The third-order valence-corrected chi connectivity index (χ3v) is 4.16. The van der Waals surface area contributed by atoms with E-state index in [2.05, 4.69) is 5.32 Å². The maximum absolute atomic E-state index is 12.4.